The van der Waals surface area contributed by atoms with Gasteiger partial charge in [-0.3, -0.25) is 4.98 Å². The predicted octanol–water partition coefficient (Wildman–Crippen LogP) is 2.23. The van der Waals surface area contributed by atoms with Crippen LogP contribution in [-0.2, 0) is 10.0 Å². The van der Waals surface area contributed by atoms with Gasteiger partial charge in [0.05, 0.1) is 11.5 Å². The van der Waals surface area contributed by atoms with Crippen LogP contribution in [0.1, 0.15) is 12.8 Å². The number of ether oxygens (including phenoxy) is 1. The zero-order valence-corrected chi connectivity index (χ0v) is 11.8. The number of sulfonamides is 1. The Kier molecular flexibility index (Phi) is 4.36. The second kappa shape index (κ2) is 6.02. The molecule has 1 heterocycles. The zero-order chi connectivity index (χ0) is 14.6. The van der Waals surface area contributed by atoms with Crippen LogP contribution < -0.4 is 9.88 Å². The summed E-state index contributed by atoms with van der Waals surface area (Å²) in [4.78, 5) is 4.24. The van der Waals surface area contributed by atoms with Crippen LogP contribution in [0, 0.1) is 0 Å². The van der Waals surface area contributed by atoms with E-state index in [1.807, 2.05) is 6.08 Å². The standard InChI is InChI=1S/C14H16N2O3S/c1-2-3-4-10-19-12-7-8-13(20(15,17)18)11-6-5-9-16-14(11)12/h2,5-9H,1,3-4,10H2,(H2,15,17,18). The number of pyridine rings is 1. The topological polar surface area (TPSA) is 82.3 Å². The van der Waals surface area contributed by atoms with E-state index in [9.17, 15) is 8.42 Å². The molecule has 20 heavy (non-hydrogen) atoms. The summed E-state index contributed by atoms with van der Waals surface area (Å²) in [7, 11) is -3.78. The summed E-state index contributed by atoms with van der Waals surface area (Å²) in [5.41, 5.74) is 0.498. The molecule has 6 heteroatoms. The molecule has 0 bridgehead atoms. The van der Waals surface area contributed by atoms with Crippen molar-refractivity contribution in [3.63, 3.8) is 0 Å². The Morgan fingerprint density at radius 2 is 2.15 bits per heavy atom. The summed E-state index contributed by atoms with van der Waals surface area (Å²) in [6.07, 6.45) is 5.12. The average molecular weight is 292 g/mol. The molecule has 0 amide bonds. The Labute approximate surface area is 118 Å². The molecule has 0 saturated carbocycles. The van der Waals surface area contributed by atoms with Crippen LogP contribution in [-0.4, -0.2) is 20.0 Å². The van der Waals surface area contributed by atoms with Gasteiger partial charge in [0, 0.05) is 11.6 Å². The summed E-state index contributed by atoms with van der Waals surface area (Å²) in [5, 5.41) is 5.67. The lowest BCUT2D eigenvalue weighted by atomic mass is 10.2. The third-order valence-electron chi connectivity index (χ3n) is 2.81. The lowest BCUT2D eigenvalue weighted by molar-refractivity contribution is 0.315. The first kappa shape index (κ1) is 14.5. The Morgan fingerprint density at radius 3 is 2.85 bits per heavy atom. The number of fused-ring (bicyclic) bond motifs is 1. The number of rotatable bonds is 6. The molecule has 1 aromatic heterocycles. The maximum Gasteiger partial charge on any atom is 0.238 e. The van der Waals surface area contributed by atoms with Crippen LogP contribution >= 0.6 is 0 Å². The summed E-state index contributed by atoms with van der Waals surface area (Å²) in [5.74, 6) is 0.553. The molecular weight excluding hydrogens is 276 g/mol. The van der Waals surface area contributed by atoms with Gasteiger partial charge >= 0.3 is 0 Å². The summed E-state index contributed by atoms with van der Waals surface area (Å²) in [6.45, 7) is 4.17. The van der Waals surface area contributed by atoms with Crippen LogP contribution in [0.4, 0.5) is 0 Å². The maximum atomic E-state index is 11.6. The second-order valence-electron chi connectivity index (χ2n) is 4.29. The Hall–Kier alpha value is -1.92. The van der Waals surface area contributed by atoms with Crippen molar-refractivity contribution in [2.24, 2.45) is 5.14 Å². The molecular formula is C14H16N2O3S. The van der Waals surface area contributed by atoms with E-state index < -0.39 is 10.0 Å². The number of aromatic nitrogens is 1. The molecule has 5 nitrogen and oxygen atoms in total. The highest BCUT2D eigenvalue weighted by Crippen LogP contribution is 2.28. The van der Waals surface area contributed by atoms with Gasteiger partial charge in [-0.1, -0.05) is 6.08 Å². The molecule has 0 spiro atoms. The molecule has 0 fully saturated rings. The van der Waals surface area contributed by atoms with Crippen molar-refractivity contribution in [2.45, 2.75) is 17.7 Å². The van der Waals surface area contributed by atoms with Gasteiger partial charge in [0.15, 0.2) is 0 Å². The fraction of sp³-hybridized carbons (Fsp3) is 0.214. The van der Waals surface area contributed by atoms with Crippen molar-refractivity contribution in [1.29, 1.82) is 0 Å². The van der Waals surface area contributed by atoms with Crippen LogP contribution in [0.2, 0.25) is 0 Å². The molecule has 0 aliphatic carbocycles. The molecule has 0 aliphatic rings. The first-order valence-corrected chi connectivity index (χ1v) is 7.73. The lowest BCUT2D eigenvalue weighted by Crippen LogP contribution is -2.13. The number of nitrogens with two attached hydrogens (primary N) is 1. The average Bonchev–Trinajstić information content (AvgIpc) is 2.42. The Balaban J connectivity index is 2.41. The van der Waals surface area contributed by atoms with E-state index >= 15 is 0 Å². The van der Waals surface area contributed by atoms with Gasteiger partial charge in [0.1, 0.15) is 11.3 Å². The van der Waals surface area contributed by atoms with Gasteiger partial charge in [-0.2, -0.15) is 0 Å². The smallest absolute Gasteiger partial charge is 0.238 e. The van der Waals surface area contributed by atoms with E-state index in [0.29, 0.717) is 23.3 Å². The summed E-state index contributed by atoms with van der Waals surface area (Å²) in [6, 6.07) is 6.36. The van der Waals surface area contributed by atoms with Crippen molar-refractivity contribution in [3.8, 4) is 5.75 Å². The third kappa shape index (κ3) is 3.15. The van der Waals surface area contributed by atoms with E-state index in [1.54, 1.807) is 24.4 Å². The Morgan fingerprint density at radius 1 is 1.35 bits per heavy atom. The number of hydrogen-bond acceptors (Lipinski definition) is 4. The minimum absolute atomic E-state index is 0.0547. The van der Waals surface area contributed by atoms with Gasteiger partial charge in [-0.05, 0) is 37.1 Å². The van der Waals surface area contributed by atoms with Crippen molar-refractivity contribution < 1.29 is 13.2 Å². The van der Waals surface area contributed by atoms with Gasteiger partial charge in [0.25, 0.3) is 0 Å². The zero-order valence-electron chi connectivity index (χ0n) is 11.0. The fourth-order valence-corrected chi connectivity index (χ4v) is 2.62. The van der Waals surface area contributed by atoms with Crippen molar-refractivity contribution in [3.05, 3.63) is 43.1 Å². The first-order valence-electron chi connectivity index (χ1n) is 6.18. The normalized spacial score (nSPS) is 11.4. The predicted molar refractivity (Wildman–Crippen MR) is 78.0 cm³/mol. The highest BCUT2D eigenvalue weighted by atomic mass is 32.2. The molecule has 106 valence electrons. The van der Waals surface area contributed by atoms with E-state index in [0.717, 1.165) is 12.8 Å². The van der Waals surface area contributed by atoms with Gasteiger partial charge in [-0.25, -0.2) is 13.6 Å². The number of benzene rings is 1. The van der Waals surface area contributed by atoms with Crippen LogP contribution in [0.15, 0.2) is 48.0 Å². The third-order valence-corrected chi connectivity index (χ3v) is 3.78. The molecule has 0 radical (unpaired) electrons. The van der Waals surface area contributed by atoms with E-state index in [-0.39, 0.29) is 4.90 Å². The molecule has 2 aromatic rings. The first-order chi connectivity index (χ1) is 9.54. The number of nitrogens with zero attached hydrogens (tertiary/aromatic N) is 1. The summed E-state index contributed by atoms with van der Waals surface area (Å²) < 4.78 is 28.8. The fourth-order valence-electron chi connectivity index (χ4n) is 1.89. The lowest BCUT2D eigenvalue weighted by Gasteiger charge is -2.10. The van der Waals surface area contributed by atoms with Gasteiger partial charge in [0.2, 0.25) is 10.0 Å². The number of primary sulfonamides is 1. The monoisotopic (exact) mass is 292 g/mol. The van der Waals surface area contributed by atoms with Crippen LogP contribution in [0.25, 0.3) is 10.9 Å². The van der Waals surface area contributed by atoms with E-state index in [1.165, 1.54) is 6.07 Å². The van der Waals surface area contributed by atoms with Crippen LogP contribution in [0.3, 0.4) is 0 Å². The number of allylic oxidation sites excluding steroid dienone is 1. The Bertz CT molecular complexity index is 726. The number of hydrogen-bond donors (Lipinski definition) is 1. The quantitative estimate of drug-likeness (QED) is 0.653. The largest absolute Gasteiger partial charge is 0.491 e. The van der Waals surface area contributed by atoms with Crippen molar-refractivity contribution >= 4 is 20.9 Å². The highest BCUT2D eigenvalue weighted by Gasteiger charge is 2.15. The van der Waals surface area contributed by atoms with Crippen LogP contribution in [0.5, 0.6) is 5.75 Å². The molecule has 1 aromatic carbocycles. The van der Waals surface area contributed by atoms with Crippen molar-refractivity contribution in [2.75, 3.05) is 6.61 Å². The van der Waals surface area contributed by atoms with E-state index in [4.69, 9.17) is 9.88 Å². The van der Waals surface area contributed by atoms with Gasteiger partial charge in [-0.15, -0.1) is 6.58 Å². The molecule has 0 atom stereocenters. The number of unbranched alkanes of at least 4 members (excludes halogenated alkanes) is 1. The molecule has 0 saturated heterocycles. The second-order valence-corrected chi connectivity index (χ2v) is 5.82. The minimum atomic E-state index is -3.78. The van der Waals surface area contributed by atoms with Gasteiger partial charge < -0.3 is 4.74 Å². The molecule has 0 unspecified atom stereocenters. The molecule has 2 rings (SSSR count). The SMILES string of the molecule is C=CCCCOc1ccc(S(N)(=O)=O)c2cccnc12. The molecule has 0 aliphatic heterocycles. The highest BCUT2D eigenvalue weighted by molar-refractivity contribution is 7.89. The van der Waals surface area contributed by atoms with E-state index in [2.05, 4.69) is 11.6 Å². The summed E-state index contributed by atoms with van der Waals surface area (Å²) >= 11 is 0. The minimum Gasteiger partial charge on any atom is -0.491 e. The maximum absolute atomic E-state index is 11.6. The van der Waals surface area contributed by atoms with Crippen molar-refractivity contribution in [1.82, 2.24) is 4.98 Å². The molecule has 2 N–H and O–H groups in total.